The number of likely N-dealkylation sites (N-methyl/N-ethyl adjacent to an activating group) is 1. The van der Waals surface area contributed by atoms with Gasteiger partial charge in [-0.3, -0.25) is 14.5 Å². The van der Waals surface area contributed by atoms with Crippen LogP contribution in [0, 0.1) is 5.92 Å². The first-order valence-electron chi connectivity index (χ1n) is 13.0. The summed E-state index contributed by atoms with van der Waals surface area (Å²) in [6.07, 6.45) is 1.99. The van der Waals surface area contributed by atoms with Crippen LogP contribution >= 0.6 is 0 Å². The van der Waals surface area contributed by atoms with E-state index < -0.39 is 24.1 Å². The lowest BCUT2D eigenvalue weighted by molar-refractivity contribution is -0.139. The van der Waals surface area contributed by atoms with E-state index >= 15 is 0 Å². The van der Waals surface area contributed by atoms with Gasteiger partial charge in [0, 0.05) is 19.8 Å². The lowest BCUT2D eigenvalue weighted by atomic mass is 10.0. The fraction of sp³-hybridized carbons (Fsp3) is 0.414. The first-order chi connectivity index (χ1) is 18.3. The number of carbonyl (C=O) groups is 3. The summed E-state index contributed by atoms with van der Waals surface area (Å²) >= 11 is 0. The monoisotopic (exact) mass is 520 g/mol. The number of hydrogen-bond acceptors (Lipinski definition) is 6. The number of nitrogens with one attached hydrogen (secondary N) is 2. The van der Waals surface area contributed by atoms with Crippen LogP contribution in [0.2, 0.25) is 0 Å². The quantitative estimate of drug-likeness (QED) is 0.527. The van der Waals surface area contributed by atoms with Gasteiger partial charge in [-0.2, -0.15) is 0 Å². The van der Waals surface area contributed by atoms with E-state index in [1.807, 2.05) is 80.7 Å². The number of para-hydroxylation sites is 1. The summed E-state index contributed by atoms with van der Waals surface area (Å²) < 4.78 is 11.5. The van der Waals surface area contributed by atoms with Crippen LogP contribution < -0.4 is 15.4 Å². The molecule has 0 spiro atoms. The molecule has 0 bridgehead atoms. The van der Waals surface area contributed by atoms with E-state index in [1.165, 1.54) is 11.9 Å². The molecule has 2 N–H and O–H groups in total. The van der Waals surface area contributed by atoms with Crippen molar-refractivity contribution in [2.75, 3.05) is 13.6 Å². The Morgan fingerprint density at radius 1 is 1.05 bits per heavy atom. The van der Waals surface area contributed by atoms with Crippen molar-refractivity contribution in [1.82, 2.24) is 20.4 Å². The zero-order chi connectivity index (χ0) is 27.2. The molecule has 4 unspecified atom stereocenters. The van der Waals surface area contributed by atoms with Gasteiger partial charge in [0.1, 0.15) is 36.2 Å². The number of benzene rings is 2. The van der Waals surface area contributed by atoms with Gasteiger partial charge < -0.3 is 25.0 Å². The highest BCUT2D eigenvalue weighted by Gasteiger charge is 2.46. The van der Waals surface area contributed by atoms with Crippen molar-refractivity contribution < 1.29 is 23.9 Å². The molecule has 4 rings (SSSR count). The van der Waals surface area contributed by atoms with Crippen molar-refractivity contribution in [2.24, 2.45) is 5.92 Å². The Kier molecular flexibility index (Phi) is 8.55. The molecule has 2 aliphatic rings. The molecular formula is C29H36N4O5. The van der Waals surface area contributed by atoms with Crippen molar-refractivity contribution in [3.05, 3.63) is 78.2 Å². The number of nitrogens with zero attached hydrogens (tertiary/aromatic N) is 2. The lowest BCUT2D eigenvalue weighted by Gasteiger charge is -2.32. The van der Waals surface area contributed by atoms with Crippen LogP contribution in [0.15, 0.2) is 72.6 Å². The summed E-state index contributed by atoms with van der Waals surface area (Å²) in [5.74, 6) is 0.617. The average molecular weight is 521 g/mol. The van der Waals surface area contributed by atoms with Crippen LogP contribution in [0.25, 0.3) is 0 Å². The van der Waals surface area contributed by atoms with Crippen molar-refractivity contribution >= 4 is 17.9 Å². The number of likely N-dealkylation sites (tertiary alicyclic amines) is 1. The number of amides is 3. The van der Waals surface area contributed by atoms with Gasteiger partial charge in [0.15, 0.2) is 0 Å². The fourth-order valence-corrected chi connectivity index (χ4v) is 4.68. The van der Waals surface area contributed by atoms with Crippen molar-refractivity contribution in [3.63, 3.8) is 0 Å². The van der Waals surface area contributed by atoms with Crippen LogP contribution in [0.5, 0.6) is 5.75 Å². The summed E-state index contributed by atoms with van der Waals surface area (Å²) in [6, 6.07) is 17.0. The smallest absolute Gasteiger partial charge is 0.410 e. The van der Waals surface area contributed by atoms with E-state index in [4.69, 9.17) is 9.47 Å². The summed E-state index contributed by atoms with van der Waals surface area (Å²) in [5.41, 5.74) is 0.854. The van der Waals surface area contributed by atoms with Crippen LogP contribution in [0.3, 0.4) is 0 Å². The molecule has 2 aromatic rings. The van der Waals surface area contributed by atoms with E-state index in [9.17, 15) is 14.4 Å². The van der Waals surface area contributed by atoms with Gasteiger partial charge in [0.25, 0.3) is 0 Å². The van der Waals surface area contributed by atoms with Gasteiger partial charge in [0.2, 0.25) is 11.8 Å². The van der Waals surface area contributed by atoms with E-state index in [2.05, 4.69) is 10.6 Å². The molecule has 4 atom stereocenters. The van der Waals surface area contributed by atoms with Gasteiger partial charge in [0.05, 0.1) is 6.04 Å². The molecule has 2 aliphatic heterocycles. The maximum Gasteiger partial charge on any atom is 0.410 e. The summed E-state index contributed by atoms with van der Waals surface area (Å²) in [6.45, 7) is 6.06. The molecule has 1 fully saturated rings. The Morgan fingerprint density at radius 3 is 2.37 bits per heavy atom. The number of ether oxygens (including phenoxy) is 2. The van der Waals surface area contributed by atoms with E-state index in [1.54, 1.807) is 11.8 Å². The second-order valence-corrected chi connectivity index (χ2v) is 10.1. The summed E-state index contributed by atoms with van der Waals surface area (Å²) in [5, 5.41) is 6.21. The average Bonchev–Trinajstić information content (AvgIpc) is 3.53. The van der Waals surface area contributed by atoms with Gasteiger partial charge in [-0.25, -0.2) is 4.79 Å². The zero-order valence-corrected chi connectivity index (χ0v) is 22.3. The van der Waals surface area contributed by atoms with Gasteiger partial charge >= 0.3 is 6.09 Å². The Morgan fingerprint density at radius 2 is 1.71 bits per heavy atom. The van der Waals surface area contributed by atoms with Crippen LogP contribution in [-0.4, -0.2) is 65.5 Å². The molecule has 3 amide bonds. The third-order valence-electron chi connectivity index (χ3n) is 7.08. The molecule has 0 saturated carbocycles. The number of carbonyl (C=O) groups excluding carboxylic acids is 3. The summed E-state index contributed by atoms with van der Waals surface area (Å²) in [4.78, 5) is 42.5. The lowest BCUT2D eigenvalue weighted by Crippen LogP contribution is -2.57. The van der Waals surface area contributed by atoms with E-state index in [-0.39, 0.29) is 30.5 Å². The topological polar surface area (TPSA) is 100 Å². The predicted molar refractivity (Wildman–Crippen MR) is 143 cm³/mol. The second kappa shape index (κ2) is 12.0. The van der Waals surface area contributed by atoms with Crippen LogP contribution in [0.4, 0.5) is 4.79 Å². The van der Waals surface area contributed by atoms with Gasteiger partial charge in [-0.1, -0.05) is 62.4 Å². The SMILES string of the molecule is CC(C)C(NC(=O)C(C)N(C)C(=O)OCc1ccccc1)C(=O)N1CCC2NC=C(Oc3ccccc3)C21. The van der Waals surface area contributed by atoms with Crippen molar-refractivity contribution in [3.8, 4) is 5.75 Å². The molecule has 38 heavy (non-hydrogen) atoms. The van der Waals surface area contributed by atoms with Gasteiger partial charge in [-0.05, 0) is 37.0 Å². The molecule has 2 aromatic carbocycles. The number of fused-ring (bicyclic) bond motifs is 1. The fourth-order valence-electron chi connectivity index (χ4n) is 4.68. The maximum absolute atomic E-state index is 13.7. The van der Waals surface area contributed by atoms with Gasteiger partial charge in [-0.15, -0.1) is 0 Å². The third-order valence-corrected chi connectivity index (χ3v) is 7.08. The number of hydrogen-bond donors (Lipinski definition) is 2. The molecule has 9 nitrogen and oxygen atoms in total. The predicted octanol–water partition coefficient (Wildman–Crippen LogP) is 3.28. The van der Waals surface area contributed by atoms with Crippen LogP contribution in [-0.2, 0) is 20.9 Å². The molecular weight excluding hydrogens is 484 g/mol. The van der Waals surface area contributed by atoms with Crippen molar-refractivity contribution in [2.45, 2.75) is 58.0 Å². The first kappa shape index (κ1) is 27.0. The molecule has 0 aromatic heterocycles. The first-order valence-corrected chi connectivity index (χ1v) is 13.0. The third kappa shape index (κ3) is 6.10. The largest absolute Gasteiger partial charge is 0.458 e. The second-order valence-electron chi connectivity index (χ2n) is 10.1. The Labute approximate surface area is 223 Å². The molecule has 2 heterocycles. The zero-order valence-electron chi connectivity index (χ0n) is 22.3. The summed E-state index contributed by atoms with van der Waals surface area (Å²) in [7, 11) is 1.51. The van der Waals surface area contributed by atoms with Crippen molar-refractivity contribution in [1.29, 1.82) is 0 Å². The highest BCUT2D eigenvalue weighted by Crippen LogP contribution is 2.31. The van der Waals surface area contributed by atoms with E-state index in [0.29, 0.717) is 18.1 Å². The highest BCUT2D eigenvalue weighted by atomic mass is 16.6. The molecule has 9 heteroatoms. The van der Waals surface area contributed by atoms with Crippen LogP contribution in [0.1, 0.15) is 32.8 Å². The highest BCUT2D eigenvalue weighted by molar-refractivity contribution is 5.91. The normalized spacial score (nSPS) is 19.6. The molecule has 0 radical (unpaired) electrons. The van der Waals surface area contributed by atoms with E-state index in [0.717, 1.165) is 12.0 Å². The molecule has 202 valence electrons. The number of rotatable bonds is 9. The Bertz CT molecular complexity index is 1150. The molecule has 0 aliphatic carbocycles. The maximum atomic E-state index is 13.7. The standard InChI is InChI=1S/C29H36N4O5/c1-19(2)25(31-27(34)20(3)32(4)29(36)37-18-21-11-7-5-8-12-21)28(35)33-16-15-23-26(33)24(17-30-23)38-22-13-9-6-10-14-22/h5-14,17,19-20,23,25-26,30H,15-16,18H2,1-4H3,(H,31,34). The minimum atomic E-state index is -0.830. The Hall–Kier alpha value is -4.01. The minimum absolute atomic E-state index is 0.0608. The minimum Gasteiger partial charge on any atom is -0.458 e. The molecule has 1 saturated heterocycles. The Balaban J connectivity index is 1.38.